The molecule has 0 bridgehead atoms. The van der Waals surface area contributed by atoms with Crippen LogP contribution in [0.5, 0.6) is 0 Å². The van der Waals surface area contributed by atoms with Gasteiger partial charge in [-0.3, -0.25) is 8.89 Å². The standard InChI is InChI=1S/C8H15N3OS/c1-8(9)7-13(12)6-5-11-4-2-3-10-11/h2-4,8H,5-7,9H2,1H3. The molecule has 0 spiro atoms. The SMILES string of the molecule is CC(N)CS(=O)CCn1cccn1. The van der Waals surface area contributed by atoms with Crippen LogP contribution < -0.4 is 5.73 Å². The normalized spacial score (nSPS) is 15.5. The molecule has 74 valence electrons. The summed E-state index contributed by atoms with van der Waals surface area (Å²) in [5.41, 5.74) is 5.53. The Labute approximate surface area is 80.6 Å². The van der Waals surface area contributed by atoms with E-state index in [1.54, 1.807) is 10.9 Å². The predicted molar refractivity (Wildman–Crippen MR) is 53.8 cm³/mol. The van der Waals surface area contributed by atoms with Crippen molar-refractivity contribution in [1.82, 2.24) is 9.78 Å². The first-order valence-corrected chi connectivity index (χ1v) is 5.75. The fourth-order valence-electron chi connectivity index (χ4n) is 1.00. The van der Waals surface area contributed by atoms with Crippen LogP contribution in [0.4, 0.5) is 0 Å². The van der Waals surface area contributed by atoms with Crippen molar-refractivity contribution in [3.63, 3.8) is 0 Å². The third kappa shape index (κ3) is 4.19. The Morgan fingerprint density at radius 2 is 2.46 bits per heavy atom. The summed E-state index contributed by atoms with van der Waals surface area (Å²) in [5, 5.41) is 4.02. The predicted octanol–water partition coefficient (Wildman–Crippen LogP) is -0.0210. The highest BCUT2D eigenvalue weighted by atomic mass is 32.2. The topological polar surface area (TPSA) is 60.9 Å². The van der Waals surface area contributed by atoms with Crippen molar-refractivity contribution < 1.29 is 4.21 Å². The van der Waals surface area contributed by atoms with E-state index in [-0.39, 0.29) is 6.04 Å². The van der Waals surface area contributed by atoms with Gasteiger partial charge in [0.25, 0.3) is 0 Å². The Morgan fingerprint density at radius 3 is 3.00 bits per heavy atom. The van der Waals surface area contributed by atoms with Gasteiger partial charge in [-0.05, 0) is 13.0 Å². The molecule has 0 amide bonds. The third-order valence-corrected chi connectivity index (χ3v) is 3.09. The summed E-state index contributed by atoms with van der Waals surface area (Å²) in [4.78, 5) is 0. The van der Waals surface area contributed by atoms with E-state index in [9.17, 15) is 4.21 Å². The van der Waals surface area contributed by atoms with Gasteiger partial charge >= 0.3 is 0 Å². The summed E-state index contributed by atoms with van der Waals surface area (Å²) in [7, 11) is -0.821. The van der Waals surface area contributed by atoms with Crippen LogP contribution in [-0.2, 0) is 17.3 Å². The molecule has 13 heavy (non-hydrogen) atoms. The van der Waals surface area contributed by atoms with Crippen molar-refractivity contribution in [2.75, 3.05) is 11.5 Å². The number of aryl methyl sites for hydroxylation is 1. The van der Waals surface area contributed by atoms with Crippen LogP contribution in [0.3, 0.4) is 0 Å². The van der Waals surface area contributed by atoms with Crippen molar-refractivity contribution >= 4 is 10.8 Å². The lowest BCUT2D eigenvalue weighted by Gasteiger charge is -2.04. The first-order chi connectivity index (χ1) is 6.18. The maximum atomic E-state index is 11.3. The average molecular weight is 201 g/mol. The van der Waals surface area contributed by atoms with Crippen LogP contribution in [0.25, 0.3) is 0 Å². The van der Waals surface area contributed by atoms with Gasteiger partial charge in [-0.15, -0.1) is 0 Å². The molecule has 1 aromatic rings. The van der Waals surface area contributed by atoms with Crippen molar-refractivity contribution in [3.8, 4) is 0 Å². The molecule has 0 aliphatic carbocycles. The van der Waals surface area contributed by atoms with E-state index in [1.165, 1.54) is 0 Å². The van der Waals surface area contributed by atoms with Gasteiger partial charge in [0, 0.05) is 40.7 Å². The molecule has 0 saturated heterocycles. The Kier molecular flexibility index (Phi) is 4.11. The summed E-state index contributed by atoms with van der Waals surface area (Å²) in [6.07, 6.45) is 3.58. The Balaban J connectivity index is 2.23. The summed E-state index contributed by atoms with van der Waals surface area (Å²) in [5.74, 6) is 1.20. The van der Waals surface area contributed by atoms with E-state index in [4.69, 9.17) is 5.73 Å². The minimum atomic E-state index is -0.821. The number of nitrogens with two attached hydrogens (primary N) is 1. The van der Waals surface area contributed by atoms with Crippen LogP contribution in [0, 0.1) is 0 Å². The smallest absolute Gasteiger partial charge is 0.0524 e. The lowest BCUT2D eigenvalue weighted by molar-refractivity contribution is 0.640. The van der Waals surface area contributed by atoms with Gasteiger partial charge in [0.05, 0.1) is 6.54 Å². The lowest BCUT2D eigenvalue weighted by atomic mass is 10.4. The minimum Gasteiger partial charge on any atom is -0.327 e. The number of aromatic nitrogens is 2. The van der Waals surface area contributed by atoms with Crippen LogP contribution in [-0.4, -0.2) is 31.5 Å². The van der Waals surface area contributed by atoms with Crippen molar-refractivity contribution in [1.29, 1.82) is 0 Å². The fraction of sp³-hybridized carbons (Fsp3) is 0.625. The van der Waals surface area contributed by atoms with Crippen LogP contribution >= 0.6 is 0 Å². The minimum absolute atomic E-state index is 0.0125. The molecule has 1 aromatic heterocycles. The largest absolute Gasteiger partial charge is 0.327 e. The summed E-state index contributed by atoms with van der Waals surface area (Å²) >= 11 is 0. The van der Waals surface area contributed by atoms with E-state index in [0.29, 0.717) is 18.1 Å². The first-order valence-electron chi connectivity index (χ1n) is 4.26. The van der Waals surface area contributed by atoms with Gasteiger partial charge in [-0.1, -0.05) is 0 Å². The van der Waals surface area contributed by atoms with Gasteiger partial charge in [0.2, 0.25) is 0 Å². The molecule has 0 aliphatic rings. The average Bonchev–Trinajstić information content (AvgIpc) is 2.51. The Bertz CT molecular complexity index is 258. The molecule has 4 nitrogen and oxygen atoms in total. The summed E-state index contributed by atoms with van der Waals surface area (Å²) in [6, 6.07) is 1.87. The molecule has 0 aromatic carbocycles. The van der Waals surface area contributed by atoms with E-state index >= 15 is 0 Å². The Morgan fingerprint density at radius 1 is 1.69 bits per heavy atom. The van der Waals surface area contributed by atoms with E-state index in [1.807, 2.05) is 19.2 Å². The van der Waals surface area contributed by atoms with Gasteiger partial charge in [0.1, 0.15) is 0 Å². The third-order valence-electron chi connectivity index (χ3n) is 1.56. The van der Waals surface area contributed by atoms with Crippen LogP contribution in [0.2, 0.25) is 0 Å². The maximum absolute atomic E-state index is 11.3. The number of hydrogen-bond donors (Lipinski definition) is 1. The van der Waals surface area contributed by atoms with E-state index in [2.05, 4.69) is 5.10 Å². The van der Waals surface area contributed by atoms with E-state index in [0.717, 1.165) is 0 Å². The maximum Gasteiger partial charge on any atom is 0.0524 e. The second-order valence-corrected chi connectivity index (χ2v) is 4.68. The quantitative estimate of drug-likeness (QED) is 0.728. The van der Waals surface area contributed by atoms with Crippen LogP contribution in [0.1, 0.15) is 6.92 Å². The molecule has 5 heteroatoms. The van der Waals surface area contributed by atoms with Crippen molar-refractivity contribution in [2.24, 2.45) is 5.73 Å². The molecule has 2 atom stereocenters. The highest BCUT2D eigenvalue weighted by Crippen LogP contribution is 1.90. The molecule has 0 saturated carbocycles. The van der Waals surface area contributed by atoms with E-state index < -0.39 is 10.8 Å². The lowest BCUT2D eigenvalue weighted by Crippen LogP contribution is -2.25. The highest BCUT2D eigenvalue weighted by molar-refractivity contribution is 7.85. The Hall–Kier alpha value is -0.680. The number of rotatable bonds is 5. The zero-order valence-corrected chi connectivity index (χ0v) is 8.54. The molecule has 0 radical (unpaired) electrons. The fourth-order valence-corrected chi connectivity index (χ4v) is 2.15. The first kappa shape index (κ1) is 10.4. The van der Waals surface area contributed by atoms with Gasteiger partial charge < -0.3 is 5.73 Å². The molecular weight excluding hydrogens is 186 g/mol. The van der Waals surface area contributed by atoms with Crippen LogP contribution in [0.15, 0.2) is 18.5 Å². The molecule has 2 N–H and O–H groups in total. The van der Waals surface area contributed by atoms with Gasteiger partial charge in [0.15, 0.2) is 0 Å². The molecular formula is C8H15N3OS. The zero-order valence-electron chi connectivity index (χ0n) is 7.72. The van der Waals surface area contributed by atoms with Crippen molar-refractivity contribution in [2.45, 2.75) is 19.5 Å². The number of hydrogen-bond acceptors (Lipinski definition) is 3. The second kappa shape index (κ2) is 5.14. The zero-order chi connectivity index (χ0) is 9.68. The van der Waals surface area contributed by atoms with Gasteiger partial charge in [-0.2, -0.15) is 5.10 Å². The highest BCUT2D eigenvalue weighted by Gasteiger charge is 2.03. The van der Waals surface area contributed by atoms with Crippen molar-refractivity contribution in [3.05, 3.63) is 18.5 Å². The molecule has 1 rings (SSSR count). The second-order valence-electron chi connectivity index (χ2n) is 3.06. The number of nitrogens with zero attached hydrogens (tertiary/aromatic N) is 2. The molecule has 0 fully saturated rings. The molecule has 2 unspecified atom stereocenters. The summed E-state index contributed by atoms with van der Waals surface area (Å²) in [6.45, 7) is 2.57. The molecule has 1 heterocycles. The summed E-state index contributed by atoms with van der Waals surface area (Å²) < 4.78 is 13.1. The monoisotopic (exact) mass is 201 g/mol. The molecule has 0 aliphatic heterocycles. The van der Waals surface area contributed by atoms with Gasteiger partial charge in [-0.25, -0.2) is 0 Å².